The lowest BCUT2D eigenvalue weighted by Gasteiger charge is -2.22. The molecule has 0 amide bonds. The lowest BCUT2D eigenvalue weighted by atomic mass is 10.1. The number of guanidine groups is 1. The van der Waals surface area contributed by atoms with Gasteiger partial charge >= 0.3 is 0 Å². The second-order valence-electron chi connectivity index (χ2n) is 5.18. The van der Waals surface area contributed by atoms with E-state index in [0.717, 1.165) is 13.1 Å². The summed E-state index contributed by atoms with van der Waals surface area (Å²) in [4.78, 5) is 6.88. The van der Waals surface area contributed by atoms with Gasteiger partial charge < -0.3 is 11.1 Å². The highest BCUT2D eigenvalue weighted by atomic mass is 15.2. The van der Waals surface area contributed by atoms with Crippen molar-refractivity contribution in [1.29, 1.82) is 0 Å². The van der Waals surface area contributed by atoms with Gasteiger partial charge in [-0.15, -0.1) is 6.42 Å². The van der Waals surface area contributed by atoms with Crippen LogP contribution in [-0.4, -0.2) is 42.6 Å². The van der Waals surface area contributed by atoms with Crippen LogP contribution in [0.25, 0.3) is 0 Å². The molecule has 1 saturated heterocycles. The Bertz CT molecular complexity index is 316. The number of terminal acetylenes is 1. The van der Waals surface area contributed by atoms with Gasteiger partial charge in [-0.3, -0.25) is 9.89 Å². The first-order chi connectivity index (χ1) is 8.58. The fraction of sp³-hybridized carbons (Fsp3) is 0.786. The number of likely N-dealkylation sites (N-methyl/N-ethyl adjacent to an activating group) is 1. The summed E-state index contributed by atoms with van der Waals surface area (Å²) in [7, 11) is 0. The molecule has 3 N–H and O–H groups in total. The third-order valence-corrected chi connectivity index (χ3v) is 3.53. The minimum absolute atomic E-state index is 0.0420. The largest absolute Gasteiger partial charge is 0.370 e. The molecular weight excluding hydrogens is 224 g/mol. The SMILES string of the molecule is C#CC(NC(N)=NCC1CCCN1CC)C(C)C. The Morgan fingerprint density at radius 3 is 2.89 bits per heavy atom. The van der Waals surface area contributed by atoms with Crippen molar-refractivity contribution >= 4 is 5.96 Å². The maximum absolute atomic E-state index is 5.88. The van der Waals surface area contributed by atoms with E-state index in [1.807, 2.05) is 0 Å². The van der Waals surface area contributed by atoms with E-state index in [2.05, 4.69) is 41.9 Å². The van der Waals surface area contributed by atoms with E-state index in [1.165, 1.54) is 19.4 Å². The van der Waals surface area contributed by atoms with Crippen LogP contribution in [0.1, 0.15) is 33.6 Å². The van der Waals surface area contributed by atoms with Gasteiger partial charge in [0.25, 0.3) is 0 Å². The van der Waals surface area contributed by atoms with Gasteiger partial charge in [-0.1, -0.05) is 26.7 Å². The minimum atomic E-state index is -0.0420. The third kappa shape index (κ3) is 4.23. The number of hydrogen-bond acceptors (Lipinski definition) is 2. The van der Waals surface area contributed by atoms with Crippen molar-refractivity contribution in [3.05, 3.63) is 0 Å². The first-order valence-corrected chi connectivity index (χ1v) is 6.85. The Labute approximate surface area is 111 Å². The van der Waals surface area contributed by atoms with Crippen LogP contribution >= 0.6 is 0 Å². The molecule has 0 bridgehead atoms. The molecule has 0 spiro atoms. The van der Waals surface area contributed by atoms with E-state index in [-0.39, 0.29) is 6.04 Å². The van der Waals surface area contributed by atoms with Crippen molar-refractivity contribution in [3.8, 4) is 12.3 Å². The molecule has 1 aliphatic heterocycles. The zero-order chi connectivity index (χ0) is 13.5. The van der Waals surface area contributed by atoms with Crippen molar-refractivity contribution in [1.82, 2.24) is 10.2 Å². The van der Waals surface area contributed by atoms with Crippen LogP contribution in [0.2, 0.25) is 0 Å². The highest BCUT2D eigenvalue weighted by Crippen LogP contribution is 2.16. The number of hydrogen-bond donors (Lipinski definition) is 2. The molecule has 1 rings (SSSR count). The molecule has 2 unspecified atom stereocenters. The van der Waals surface area contributed by atoms with E-state index >= 15 is 0 Å². The van der Waals surface area contributed by atoms with Crippen LogP contribution < -0.4 is 11.1 Å². The summed E-state index contributed by atoms with van der Waals surface area (Å²) < 4.78 is 0. The molecule has 4 heteroatoms. The molecule has 2 atom stereocenters. The van der Waals surface area contributed by atoms with Gasteiger partial charge in [0.15, 0.2) is 5.96 Å². The number of likely N-dealkylation sites (tertiary alicyclic amines) is 1. The Morgan fingerprint density at radius 1 is 1.61 bits per heavy atom. The number of nitrogens with one attached hydrogen (secondary N) is 1. The zero-order valence-electron chi connectivity index (χ0n) is 11.8. The van der Waals surface area contributed by atoms with E-state index in [4.69, 9.17) is 12.2 Å². The lowest BCUT2D eigenvalue weighted by Crippen LogP contribution is -2.43. The Morgan fingerprint density at radius 2 is 2.33 bits per heavy atom. The van der Waals surface area contributed by atoms with E-state index in [1.54, 1.807) is 0 Å². The Balaban J connectivity index is 2.44. The minimum Gasteiger partial charge on any atom is -0.370 e. The summed E-state index contributed by atoms with van der Waals surface area (Å²) >= 11 is 0. The first-order valence-electron chi connectivity index (χ1n) is 6.85. The van der Waals surface area contributed by atoms with E-state index in [0.29, 0.717) is 17.9 Å². The van der Waals surface area contributed by atoms with Crippen molar-refractivity contribution in [2.24, 2.45) is 16.6 Å². The number of rotatable bonds is 5. The maximum atomic E-state index is 5.88. The van der Waals surface area contributed by atoms with Crippen molar-refractivity contribution in [3.63, 3.8) is 0 Å². The number of nitrogens with two attached hydrogens (primary N) is 1. The predicted molar refractivity (Wildman–Crippen MR) is 77.4 cm³/mol. The van der Waals surface area contributed by atoms with Gasteiger partial charge in [0, 0.05) is 6.04 Å². The number of aliphatic imine (C=N–C) groups is 1. The first kappa shape index (κ1) is 14.8. The van der Waals surface area contributed by atoms with Gasteiger partial charge in [-0.25, -0.2) is 0 Å². The molecule has 0 aromatic heterocycles. The lowest BCUT2D eigenvalue weighted by molar-refractivity contribution is 0.273. The molecule has 0 aromatic carbocycles. The predicted octanol–water partition coefficient (Wildman–Crippen LogP) is 1.03. The molecule has 102 valence electrons. The van der Waals surface area contributed by atoms with Gasteiger partial charge in [0.2, 0.25) is 0 Å². The van der Waals surface area contributed by atoms with Gasteiger partial charge in [-0.2, -0.15) is 0 Å². The van der Waals surface area contributed by atoms with Crippen molar-refractivity contribution in [2.75, 3.05) is 19.6 Å². The third-order valence-electron chi connectivity index (χ3n) is 3.53. The monoisotopic (exact) mass is 250 g/mol. The van der Waals surface area contributed by atoms with Crippen molar-refractivity contribution in [2.45, 2.75) is 45.7 Å². The highest BCUT2D eigenvalue weighted by molar-refractivity contribution is 5.78. The smallest absolute Gasteiger partial charge is 0.189 e. The van der Waals surface area contributed by atoms with Crippen molar-refractivity contribution < 1.29 is 0 Å². The normalized spacial score (nSPS) is 23.1. The topological polar surface area (TPSA) is 53.6 Å². The van der Waals surface area contributed by atoms with E-state index in [9.17, 15) is 0 Å². The quantitative estimate of drug-likeness (QED) is 0.435. The molecule has 4 nitrogen and oxygen atoms in total. The summed E-state index contributed by atoms with van der Waals surface area (Å²) in [6.07, 6.45) is 7.93. The van der Waals surface area contributed by atoms with Crippen LogP contribution in [0.4, 0.5) is 0 Å². The van der Waals surface area contributed by atoms with E-state index < -0.39 is 0 Å². The molecule has 0 saturated carbocycles. The summed E-state index contributed by atoms with van der Waals surface area (Å²) in [5.41, 5.74) is 5.88. The second kappa shape index (κ2) is 7.27. The zero-order valence-corrected chi connectivity index (χ0v) is 11.8. The summed E-state index contributed by atoms with van der Waals surface area (Å²) in [5, 5.41) is 3.10. The summed E-state index contributed by atoms with van der Waals surface area (Å²) in [6.45, 7) is 9.37. The number of nitrogens with zero attached hydrogens (tertiary/aromatic N) is 2. The molecule has 18 heavy (non-hydrogen) atoms. The average Bonchev–Trinajstić information content (AvgIpc) is 2.80. The fourth-order valence-electron chi connectivity index (χ4n) is 2.33. The molecule has 1 aliphatic rings. The molecule has 0 radical (unpaired) electrons. The second-order valence-corrected chi connectivity index (χ2v) is 5.18. The molecular formula is C14H26N4. The fourth-order valence-corrected chi connectivity index (χ4v) is 2.33. The Kier molecular flexibility index (Phi) is 6.00. The average molecular weight is 250 g/mol. The molecule has 0 aromatic rings. The van der Waals surface area contributed by atoms with Crippen LogP contribution in [0, 0.1) is 18.3 Å². The standard InChI is InChI=1S/C14H26N4/c1-5-13(11(3)4)17-14(15)16-10-12-8-7-9-18(12)6-2/h1,11-13H,6-10H2,2-4H3,(H3,15,16,17). The van der Waals surface area contributed by atoms with Gasteiger partial charge in [0.05, 0.1) is 12.6 Å². The van der Waals surface area contributed by atoms with Crippen LogP contribution in [0.5, 0.6) is 0 Å². The van der Waals surface area contributed by atoms with Gasteiger partial charge in [-0.05, 0) is 31.8 Å². The van der Waals surface area contributed by atoms with Crippen LogP contribution in [-0.2, 0) is 0 Å². The summed E-state index contributed by atoms with van der Waals surface area (Å²) in [5.74, 6) is 3.51. The molecule has 0 aliphatic carbocycles. The van der Waals surface area contributed by atoms with Crippen LogP contribution in [0.3, 0.4) is 0 Å². The molecule has 1 fully saturated rings. The summed E-state index contributed by atoms with van der Waals surface area (Å²) in [6, 6.07) is 0.498. The van der Waals surface area contributed by atoms with Gasteiger partial charge in [0.1, 0.15) is 0 Å². The molecule has 1 heterocycles. The Hall–Kier alpha value is -1.21. The highest BCUT2D eigenvalue weighted by Gasteiger charge is 2.22. The van der Waals surface area contributed by atoms with Crippen LogP contribution in [0.15, 0.2) is 4.99 Å². The maximum Gasteiger partial charge on any atom is 0.189 e.